The number of aromatic nitrogens is 4. The van der Waals surface area contributed by atoms with Crippen LogP contribution in [0.4, 0.5) is 0 Å². The number of methoxy groups -OCH3 is 1. The minimum atomic E-state index is 0.466. The summed E-state index contributed by atoms with van der Waals surface area (Å²) in [7, 11) is 1.67. The highest BCUT2D eigenvalue weighted by Gasteiger charge is 2.14. The molecule has 0 unspecified atom stereocenters. The molecule has 0 aliphatic rings. The monoisotopic (exact) mass is 274 g/mol. The largest absolute Gasteiger partial charge is 0.364 e. The molecule has 0 amide bonds. The minimum Gasteiger partial charge on any atom is -0.364 e. The van der Waals surface area contributed by atoms with Gasteiger partial charge in [0, 0.05) is 25.9 Å². The normalized spacial score (nSPS) is 11.3. The second-order valence-corrected chi connectivity index (χ2v) is 5.03. The first-order valence-corrected chi connectivity index (χ1v) is 6.96. The van der Waals surface area contributed by atoms with Crippen molar-refractivity contribution in [3.8, 4) is 11.5 Å². The number of aryl methyl sites for hydroxylation is 1. The lowest BCUT2D eigenvalue weighted by Crippen LogP contribution is -2.04. The Bertz CT molecular complexity index is 704. The van der Waals surface area contributed by atoms with Crippen LogP contribution in [0.5, 0.6) is 0 Å². The Morgan fingerprint density at radius 1 is 1.37 bits per heavy atom. The first-order chi connectivity index (χ1) is 9.33. The summed E-state index contributed by atoms with van der Waals surface area (Å²) in [4.78, 5) is 13.6. The molecule has 0 fully saturated rings. The molecule has 0 radical (unpaired) electrons. The molecule has 0 N–H and O–H groups in total. The van der Waals surface area contributed by atoms with Crippen LogP contribution in [0.2, 0.25) is 0 Å². The van der Waals surface area contributed by atoms with Crippen LogP contribution < -0.4 is 0 Å². The van der Waals surface area contributed by atoms with Crippen LogP contribution in [0.1, 0.15) is 12.7 Å². The topological polar surface area (TPSA) is 52.8 Å². The molecule has 0 aromatic carbocycles. The number of thiophene rings is 1. The van der Waals surface area contributed by atoms with Crippen LogP contribution in [-0.2, 0) is 17.9 Å². The maximum atomic E-state index is 5.18. The summed E-state index contributed by atoms with van der Waals surface area (Å²) in [5.41, 5.74) is 1.87. The number of nitrogens with zero attached hydrogens (tertiary/aromatic N) is 4. The van der Waals surface area contributed by atoms with Gasteiger partial charge in [0.2, 0.25) is 0 Å². The van der Waals surface area contributed by atoms with Crippen molar-refractivity contribution < 1.29 is 4.74 Å². The Hall–Kier alpha value is -1.79. The number of hydrogen-bond donors (Lipinski definition) is 0. The SMILES string of the molecule is CCc1nc(-c2nccn2COC)c2sccc2n1. The molecule has 19 heavy (non-hydrogen) atoms. The van der Waals surface area contributed by atoms with Crippen molar-refractivity contribution in [1.82, 2.24) is 19.5 Å². The summed E-state index contributed by atoms with van der Waals surface area (Å²) in [5.74, 6) is 1.67. The first-order valence-electron chi connectivity index (χ1n) is 6.08. The van der Waals surface area contributed by atoms with E-state index in [0.29, 0.717) is 6.73 Å². The van der Waals surface area contributed by atoms with E-state index in [1.54, 1.807) is 24.6 Å². The maximum absolute atomic E-state index is 5.18. The molecule has 98 valence electrons. The van der Waals surface area contributed by atoms with E-state index in [2.05, 4.69) is 21.9 Å². The van der Waals surface area contributed by atoms with Gasteiger partial charge >= 0.3 is 0 Å². The van der Waals surface area contributed by atoms with Crippen LogP contribution in [-0.4, -0.2) is 26.6 Å². The second-order valence-electron chi connectivity index (χ2n) is 4.12. The van der Waals surface area contributed by atoms with Gasteiger partial charge < -0.3 is 9.30 Å². The predicted octanol–water partition coefficient (Wildman–Crippen LogP) is 2.72. The number of ether oxygens (including phenoxy) is 1. The Morgan fingerprint density at radius 3 is 3.05 bits per heavy atom. The third-order valence-electron chi connectivity index (χ3n) is 2.86. The molecule has 6 heteroatoms. The van der Waals surface area contributed by atoms with Gasteiger partial charge in [-0.25, -0.2) is 15.0 Å². The lowest BCUT2D eigenvalue weighted by Gasteiger charge is -2.07. The molecule has 0 aliphatic carbocycles. The average molecular weight is 274 g/mol. The Kier molecular flexibility index (Phi) is 3.27. The lowest BCUT2D eigenvalue weighted by atomic mass is 10.3. The first kappa shape index (κ1) is 12.3. The molecule has 5 nitrogen and oxygen atoms in total. The maximum Gasteiger partial charge on any atom is 0.162 e. The van der Waals surface area contributed by atoms with E-state index in [4.69, 9.17) is 4.74 Å². The summed E-state index contributed by atoms with van der Waals surface area (Å²) >= 11 is 1.64. The molecular weight excluding hydrogens is 260 g/mol. The van der Waals surface area contributed by atoms with Crippen molar-refractivity contribution in [2.45, 2.75) is 20.1 Å². The fourth-order valence-electron chi connectivity index (χ4n) is 1.99. The third kappa shape index (κ3) is 2.13. The number of fused-ring (bicyclic) bond motifs is 1. The zero-order chi connectivity index (χ0) is 13.2. The van der Waals surface area contributed by atoms with Crippen LogP contribution in [0, 0.1) is 0 Å². The Labute approximate surface area is 114 Å². The smallest absolute Gasteiger partial charge is 0.162 e. The van der Waals surface area contributed by atoms with Crippen molar-refractivity contribution in [3.63, 3.8) is 0 Å². The number of imidazole rings is 1. The highest BCUT2D eigenvalue weighted by Crippen LogP contribution is 2.29. The van der Waals surface area contributed by atoms with E-state index in [-0.39, 0.29) is 0 Å². The van der Waals surface area contributed by atoms with Gasteiger partial charge in [0.15, 0.2) is 5.82 Å². The van der Waals surface area contributed by atoms with Gasteiger partial charge in [0.1, 0.15) is 18.2 Å². The zero-order valence-electron chi connectivity index (χ0n) is 10.8. The molecule has 0 bridgehead atoms. The van der Waals surface area contributed by atoms with Crippen LogP contribution in [0.3, 0.4) is 0 Å². The number of rotatable bonds is 4. The van der Waals surface area contributed by atoms with E-state index in [9.17, 15) is 0 Å². The fraction of sp³-hybridized carbons (Fsp3) is 0.308. The quantitative estimate of drug-likeness (QED) is 0.734. The molecule has 0 saturated carbocycles. The molecule has 0 spiro atoms. The Balaban J connectivity index is 2.22. The van der Waals surface area contributed by atoms with Crippen molar-refractivity contribution in [1.29, 1.82) is 0 Å². The Morgan fingerprint density at radius 2 is 2.26 bits per heavy atom. The molecule has 3 aromatic heterocycles. The number of hydrogen-bond acceptors (Lipinski definition) is 5. The van der Waals surface area contributed by atoms with Gasteiger partial charge in [-0.05, 0) is 11.4 Å². The summed E-state index contributed by atoms with van der Waals surface area (Å²) in [5, 5.41) is 2.03. The molecule has 0 saturated heterocycles. The molecule has 0 atom stereocenters. The molecule has 3 aromatic rings. The van der Waals surface area contributed by atoms with Crippen molar-refractivity contribution >= 4 is 21.6 Å². The van der Waals surface area contributed by atoms with Gasteiger partial charge in [0.25, 0.3) is 0 Å². The third-order valence-corrected chi connectivity index (χ3v) is 3.77. The minimum absolute atomic E-state index is 0.466. The second kappa shape index (κ2) is 5.07. The highest BCUT2D eigenvalue weighted by atomic mass is 32.1. The zero-order valence-corrected chi connectivity index (χ0v) is 11.6. The standard InChI is InChI=1S/C13H14N4OS/c1-3-10-15-9-4-7-19-12(9)11(16-10)13-14-5-6-17(13)8-18-2/h4-7H,3,8H2,1-2H3. The summed E-state index contributed by atoms with van der Waals surface area (Å²) in [6.07, 6.45) is 4.47. The fourth-order valence-corrected chi connectivity index (χ4v) is 2.81. The lowest BCUT2D eigenvalue weighted by molar-refractivity contribution is 0.132. The highest BCUT2D eigenvalue weighted by molar-refractivity contribution is 7.17. The summed E-state index contributed by atoms with van der Waals surface area (Å²) in [6, 6.07) is 2.02. The van der Waals surface area contributed by atoms with E-state index in [0.717, 1.165) is 34.0 Å². The van der Waals surface area contributed by atoms with E-state index in [1.807, 2.05) is 22.2 Å². The van der Waals surface area contributed by atoms with Gasteiger partial charge in [-0.1, -0.05) is 6.92 Å². The van der Waals surface area contributed by atoms with Gasteiger partial charge in [-0.15, -0.1) is 11.3 Å². The average Bonchev–Trinajstić information content (AvgIpc) is 3.06. The van der Waals surface area contributed by atoms with Crippen molar-refractivity contribution in [2.75, 3.05) is 7.11 Å². The van der Waals surface area contributed by atoms with Crippen molar-refractivity contribution in [2.24, 2.45) is 0 Å². The van der Waals surface area contributed by atoms with Crippen LogP contribution in [0.25, 0.3) is 21.7 Å². The summed E-state index contributed by atoms with van der Waals surface area (Å²) in [6.45, 7) is 2.52. The molecule has 3 heterocycles. The van der Waals surface area contributed by atoms with E-state index >= 15 is 0 Å². The van der Waals surface area contributed by atoms with Crippen LogP contribution >= 0.6 is 11.3 Å². The van der Waals surface area contributed by atoms with E-state index < -0.39 is 0 Å². The van der Waals surface area contributed by atoms with E-state index in [1.165, 1.54) is 0 Å². The van der Waals surface area contributed by atoms with Crippen molar-refractivity contribution in [3.05, 3.63) is 29.7 Å². The van der Waals surface area contributed by atoms with Gasteiger partial charge in [0.05, 0.1) is 10.2 Å². The molecule has 3 rings (SSSR count). The summed E-state index contributed by atoms with van der Waals surface area (Å²) < 4.78 is 8.20. The molecular formula is C13H14N4OS. The van der Waals surface area contributed by atoms with Crippen LogP contribution in [0.15, 0.2) is 23.8 Å². The molecule has 0 aliphatic heterocycles. The van der Waals surface area contributed by atoms with Gasteiger partial charge in [-0.3, -0.25) is 0 Å². The predicted molar refractivity (Wildman–Crippen MR) is 75.0 cm³/mol. The van der Waals surface area contributed by atoms with Gasteiger partial charge in [-0.2, -0.15) is 0 Å².